The minimum atomic E-state index is -0.442. The van der Waals surface area contributed by atoms with E-state index in [9.17, 15) is 0 Å². The first kappa shape index (κ1) is 11.8. The van der Waals surface area contributed by atoms with Gasteiger partial charge < -0.3 is 5.32 Å². The molecule has 1 heterocycles. The number of hydrogen-bond acceptors (Lipinski definition) is 3. The SMILES string of the molecule is C#CC(C)(C)Nc1cc(Cl)nc(CC)n1. The van der Waals surface area contributed by atoms with E-state index >= 15 is 0 Å². The normalized spacial score (nSPS) is 10.9. The summed E-state index contributed by atoms with van der Waals surface area (Å²) in [6.07, 6.45) is 6.12. The average molecular weight is 224 g/mol. The largest absolute Gasteiger partial charge is 0.354 e. The Balaban J connectivity index is 2.96. The second-order valence-electron chi connectivity index (χ2n) is 3.74. The Morgan fingerprint density at radius 1 is 1.53 bits per heavy atom. The molecule has 0 amide bonds. The van der Waals surface area contributed by atoms with E-state index in [2.05, 4.69) is 21.2 Å². The minimum absolute atomic E-state index is 0.428. The van der Waals surface area contributed by atoms with Gasteiger partial charge in [0.15, 0.2) is 0 Å². The first-order valence-corrected chi connectivity index (χ1v) is 5.14. The van der Waals surface area contributed by atoms with Gasteiger partial charge in [0.2, 0.25) is 0 Å². The van der Waals surface area contributed by atoms with Gasteiger partial charge in [-0.25, -0.2) is 9.97 Å². The minimum Gasteiger partial charge on any atom is -0.354 e. The molecule has 0 aliphatic heterocycles. The van der Waals surface area contributed by atoms with E-state index in [-0.39, 0.29) is 0 Å². The van der Waals surface area contributed by atoms with Crippen LogP contribution in [0.2, 0.25) is 5.15 Å². The van der Waals surface area contributed by atoms with Crippen LogP contribution in [0, 0.1) is 12.3 Å². The van der Waals surface area contributed by atoms with Crippen molar-refractivity contribution in [1.29, 1.82) is 0 Å². The summed E-state index contributed by atoms with van der Waals surface area (Å²) in [6.45, 7) is 5.77. The van der Waals surface area contributed by atoms with Crippen LogP contribution >= 0.6 is 11.6 Å². The van der Waals surface area contributed by atoms with Gasteiger partial charge in [-0.15, -0.1) is 6.42 Å². The molecule has 0 aromatic carbocycles. The van der Waals surface area contributed by atoms with Gasteiger partial charge in [0.25, 0.3) is 0 Å². The highest BCUT2D eigenvalue weighted by Gasteiger charge is 2.14. The summed E-state index contributed by atoms with van der Waals surface area (Å²) in [6, 6.07) is 1.67. The van der Waals surface area contributed by atoms with Crippen molar-refractivity contribution in [2.75, 3.05) is 5.32 Å². The van der Waals surface area contributed by atoms with E-state index in [4.69, 9.17) is 18.0 Å². The number of anilines is 1. The third kappa shape index (κ3) is 3.41. The molecule has 0 aliphatic rings. The summed E-state index contributed by atoms with van der Waals surface area (Å²) in [5.41, 5.74) is -0.442. The van der Waals surface area contributed by atoms with Gasteiger partial charge in [0.05, 0.1) is 5.54 Å². The summed E-state index contributed by atoms with van der Waals surface area (Å²) < 4.78 is 0. The first-order valence-electron chi connectivity index (χ1n) is 4.76. The van der Waals surface area contributed by atoms with Gasteiger partial charge in [0, 0.05) is 12.5 Å². The van der Waals surface area contributed by atoms with Gasteiger partial charge in [-0.1, -0.05) is 24.4 Å². The van der Waals surface area contributed by atoms with Crippen molar-refractivity contribution in [3.63, 3.8) is 0 Å². The molecule has 0 saturated carbocycles. The highest BCUT2D eigenvalue weighted by molar-refractivity contribution is 6.29. The summed E-state index contributed by atoms with van der Waals surface area (Å²) in [4.78, 5) is 8.35. The van der Waals surface area contributed by atoms with Crippen LogP contribution in [0.25, 0.3) is 0 Å². The van der Waals surface area contributed by atoms with Crippen LogP contribution in [0.1, 0.15) is 26.6 Å². The number of hydrogen-bond donors (Lipinski definition) is 1. The van der Waals surface area contributed by atoms with E-state index in [0.717, 1.165) is 6.42 Å². The number of halogens is 1. The van der Waals surface area contributed by atoms with Crippen LogP contribution in [-0.4, -0.2) is 15.5 Å². The van der Waals surface area contributed by atoms with Gasteiger partial charge in [-0.05, 0) is 13.8 Å². The maximum absolute atomic E-state index is 5.86. The molecule has 4 heteroatoms. The fourth-order valence-corrected chi connectivity index (χ4v) is 1.24. The Kier molecular flexibility index (Phi) is 3.54. The van der Waals surface area contributed by atoms with Gasteiger partial charge in [-0.2, -0.15) is 0 Å². The molecule has 80 valence electrons. The molecule has 0 saturated heterocycles. The molecular weight excluding hydrogens is 210 g/mol. The van der Waals surface area contributed by atoms with Crippen molar-refractivity contribution in [2.45, 2.75) is 32.7 Å². The zero-order chi connectivity index (χ0) is 11.5. The first-order chi connectivity index (χ1) is 6.96. The number of rotatable bonds is 3. The third-order valence-electron chi connectivity index (χ3n) is 1.86. The Labute approximate surface area is 95.3 Å². The van der Waals surface area contributed by atoms with Crippen LogP contribution in [0.3, 0.4) is 0 Å². The lowest BCUT2D eigenvalue weighted by Gasteiger charge is -2.20. The Hall–Kier alpha value is -1.27. The summed E-state index contributed by atoms with van der Waals surface area (Å²) in [5, 5.41) is 3.54. The lowest BCUT2D eigenvalue weighted by atomic mass is 10.1. The van der Waals surface area contributed by atoms with Crippen LogP contribution in [0.5, 0.6) is 0 Å². The summed E-state index contributed by atoms with van der Waals surface area (Å²) in [5.74, 6) is 4.00. The molecule has 1 aromatic rings. The van der Waals surface area contributed by atoms with Crippen molar-refractivity contribution in [3.8, 4) is 12.3 Å². The van der Waals surface area contributed by atoms with Crippen LogP contribution in [0.15, 0.2) is 6.07 Å². The molecule has 15 heavy (non-hydrogen) atoms. The zero-order valence-electron chi connectivity index (χ0n) is 9.13. The van der Waals surface area contributed by atoms with Crippen LogP contribution in [0.4, 0.5) is 5.82 Å². The van der Waals surface area contributed by atoms with Crippen molar-refractivity contribution in [3.05, 3.63) is 17.0 Å². The topological polar surface area (TPSA) is 37.8 Å². The molecule has 3 nitrogen and oxygen atoms in total. The van der Waals surface area contributed by atoms with E-state index in [0.29, 0.717) is 16.8 Å². The molecule has 1 aromatic heterocycles. The molecule has 0 atom stereocenters. The maximum Gasteiger partial charge on any atom is 0.134 e. The molecule has 1 rings (SSSR count). The van der Waals surface area contributed by atoms with Gasteiger partial charge >= 0.3 is 0 Å². The smallest absolute Gasteiger partial charge is 0.134 e. The molecule has 1 N–H and O–H groups in total. The Morgan fingerprint density at radius 3 is 2.73 bits per heavy atom. The van der Waals surface area contributed by atoms with E-state index in [1.807, 2.05) is 20.8 Å². The molecule has 0 radical (unpaired) electrons. The van der Waals surface area contributed by atoms with Crippen molar-refractivity contribution in [1.82, 2.24) is 9.97 Å². The predicted octanol–water partition coefficient (Wildman–Crippen LogP) is 2.52. The standard InChI is InChI=1S/C11H14ClN3/c1-5-9-13-8(12)7-10(14-9)15-11(3,4)6-2/h2,7H,5H2,1,3-4H3,(H,13,14,15). The third-order valence-corrected chi connectivity index (χ3v) is 2.05. The van der Waals surface area contributed by atoms with E-state index < -0.39 is 5.54 Å². The van der Waals surface area contributed by atoms with E-state index in [1.54, 1.807) is 6.07 Å². The second kappa shape index (κ2) is 4.50. The highest BCUT2D eigenvalue weighted by atomic mass is 35.5. The van der Waals surface area contributed by atoms with Crippen molar-refractivity contribution < 1.29 is 0 Å². The van der Waals surface area contributed by atoms with Crippen LogP contribution in [-0.2, 0) is 6.42 Å². The summed E-state index contributed by atoms with van der Waals surface area (Å²) in [7, 11) is 0. The molecular formula is C11H14ClN3. The molecule has 0 bridgehead atoms. The molecule has 0 unspecified atom stereocenters. The number of nitrogens with zero attached hydrogens (tertiary/aromatic N) is 2. The fraction of sp³-hybridized carbons (Fsp3) is 0.455. The van der Waals surface area contributed by atoms with E-state index in [1.165, 1.54) is 0 Å². The van der Waals surface area contributed by atoms with Crippen molar-refractivity contribution >= 4 is 17.4 Å². The summed E-state index contributed by atoms with van der Waals surface area (Å²) >= 11 is 5.86. The predicted molar refractivity (Wildman–Crippen MR) is 63.0 cm³/mol. The Morgan fingerprint density at radius 2 is 2.20 bits per heavy atom. The lowest BCUT2D eigenvalue weighted by Crippen LogP contribution is -2.29. The van der Waals surface area contributed by atoms with Crippen molar-refractivity contribution in [2.24, 2.45) is 0 Å². The second-order valence-corrected chi connectivity index (χ2v) is 4.13. The molecule has 0 spiro atoms. The average Bonchev–Trinajstić information content (AvgIpc) is 2.16. The number of aryl methyl sites for hydroxylation is 1. The molecule has 0 fully saturated rings. The van der Waals surface area contributed by atoms with Crippen LogP contribution < -0.4 is 5.32 Å². The van der Waals surface area contributed by atoms with Gasteiger partial charge in [0.1, 0.15) is 16.8 Å². The number of terminal acetylenes is 1. The monoisotopic (exact) mass is 223 g/mol. The maximum atomic E-state index is 5.86. The number of aromatic nitrogens is 2. The Bertz CT molecular complexity index is 393. The lowest BCUT2D eigenvalue weighted by molar-refractivity contribution is 0.732. The fourth-order valence-electron chi connectivity index (χ4n) is 1.04. The highest BCUT2D eigenvalue weighted by Crippen LogP contribution is 2.16. The molecule has 0 aliphatic carbocycles. The van der Waals surface area contributed by atoms with Gasteiger partial charge in [-0.3, -0.25) is 0 Å². The quantitative estimate of drug-likeness (QED) is 0.632. The number of nitrogens with one attached hydrogen (secondary N) is 1. The zero-order valence-corrected chi connectivity index (χ0v) is 9.89.